The molecule has 1 N–H and O–H groups in total. The monoisotopic (exact) mass is 376 g/mol. The largest absolute Gasteiger partial charge is 2.00 e. The van der Waals surface area contributed by atoms with Gasteiger partial charge >= 0.3 is 29.1 Å². The Hall–Kier alpha value is 0.0251. The molecule has 6 heteroatoms. The van der Waals surface area contributed by atoms with Gasteiger partial charge < -0.3 is 10.0 Å². The molecule has 12 heavy (non-hydrogen) atoms. The minimum absolute atomic E-state index is 0. The van der Waals surface area contributed by atoms with Crippen molar-refractivity contribution in [2.24, 2.45) is 0 Å². The van der Waals surface area contributed by atoms with Gasteiger partial charge in [-0.2, -0.15) is 30.3 Å². The summed E-state index contributed by atoms with van der Waals surface area (Å²) in [6.45, 7) is 0. The van der Waals surface area contributed by atoms with Crippen LogP contribution in [0.15, 0.2) is 29.2 Å². The number of rotatable bonds is 1. The summed E-state index contributed by atoms with van der Waals surface area (Å²) in [5.41, 5.74) is 0. The van der Waals surface area contributed by atoms with Gasteiger partial charge in [0, 0.05) is 0 Å². The molecule has 1 aromatic rings. The van der Waals surface area contributed by atoms with Crippen molar-refractivity contribution in [2.75, 3.05) is 0 Å². The molecular formula is C6H6HgO4S. The Bertz CT molecular complexity index is 313. The van der Waals surface area contributed by atoms with Gasteiger partial charge in [-0.05, 0) is 0 Å². The maximum Gasteiger partial charge on any atom is 2.00 e. The van der Waals surface area contributed by atoms with Crippen LogP contribution in [0.5, 0.6) is 0 Å². The molecule has 1 rings (SSSR count). The van der Waals surface area contributed by atoms with E-state index >= 15 is 0 Å². The molecule has 0 saturated carbocycles. The molecule has 0 radical (unpaired) electrons. The number of benzene rings is 1. The van der Waals surface area contributed by atoms with Crippen molar-refractivity contribution in [1.82, 2.24) is 0 Å². The maximum absolute atomic E-state index is 10.3. The van der Waals surface area contributed by atoms with E-state index in [4.69, 9.17) is 0 Å². The molecule has 0 aliphatic carbocycles. The minimum Gasteiger partial charge on any atom is -0.870 e. The predicted octanol–water partition coefficient (Wildman–Crippen LogP) is 0.324. The molecule has 0 saturated heterocycles. The van der Waals surface area contributed by atoms with Crippen molar-refractivity contribution < 1.29 is 47.5 Å². The van der Waals surface area contributed by atoms with E-state index in [-0.39, 0.29) is 39.5 Å². The standard InChI is InChI=1S/C6H5O3S.Hg.H2O/c7-10(8,9)6-4-2-1-3-5-6;;/h1-2,4-5H,(H,7,8,9);;1H2/q-1;+2;/p-1. The first-order chi connectivity index (χ1) is 4.61. The Balaban J connectivity index is -0.000000333. The summed E-state index contributed by atoms with van der Waals surface area (Å²) in [4.78, 5) is -0.241. The molecule has 0 aliphatic heterocycles. The van der Waals surface area contributed by atoms with Crippen molar-refractivity contribution in [2.45, 2.75) is 4.90 Å². The van der Waals surface area contributed by atoms with Gasteiger partial charge in [-0.1, -0.05) is 4.90 Å². The zero-order valence-electron chi connectivity index (χ0n) is 7.10. The molecule has 0 spiro atoms. The van der Waals surface area contributed by atoms with E-state index in [0.717, 1.165) is 6.07 Å². The van der Waals surface area contributed by atoms with Crippen LogP contribution >= 0.6 is 0 Å². The Morgan fingerprint density at radius 1 is 1.50 bits per heavy atom. The number of hydrogen-bond donors (Lipinski definition) is 0. The van der Waals surface area contributed by atoms with Crippen molar-refractivity contribution >= 4 is 10.1 Å². The average Bonchev–Trinajstić information content (AvgIpc) is 1.88. The van der Waals surface area contributed by atoms with Crippen LogP contribution in [0.3, 0.4) is 0 Å². The Morgan fingerprint density at radius 2 is 2.08 bits per heavy atom. The average molecular weight is 375 g/mol. The van der Waals surface area contributed by atoms with E-state index in [9.17, 15) is 13.0 Å². The van der Waals surface area contributed by atoms with Crippen LogP contribution in [0.4, 0.5) is 0 Å². The third-order valence-corrected chi connectivity index (χ3v) is 1.80. The molecule has 0 amide bonds. The van der Waals surface area contributed by atoms with E-state index in [1.807, 2.05) is 0 Å². The Morgan fingerprint density at radius 3 is 2.33 bits per heavy atom. The molecule has 1 aromatic carbocycles. The molecule has 0 aromatic heterocycles. The van der Waals surface area contributed by atoms with Gasteiger partial charge in [0.05, 0.1) is 10.1 Å². The van der Waals surface area contributed by atoms with E-state index in [1.165, 1.54) is 18.2 Å². The summed E-state index contributed by atoms with van der Waals surface area (Å²) in [6, 6.07) is 7.84. The van der Waals surface area contributed by atoms with E-state index in [1.54, 1.807) is 0 Å². The first kappa shape index (κ1) is 14.5. The molecule has 0 fully saturated rings. The van der Waals surface area contributed by atoms with Gasteiger partial charge in [-0.25, -0.2) is 0 Å². The second-order valence-electron chi connectivity index (χ2n) is 1.69. The van der Waals surface area contributed by atoms with E-state index in [2.05, 4.69) is 6.07 Å². The van der Waals surface area contributed by atoms with Gasteiger partial charge in [0.25, 0.3) is 0 Å². The minimum atomic E-state index is -4.28. The Labute approximate surface area is 92.7 Å². The van der Waals surface area contributed by atoms with Crippen molar-refractivity contribution in [1.29, 1.82) is 0 Å². The fourth-order valence-corrected chi connectivity index (χ4v) is 0.990. The van der Waals surface area contributed by atoms with Crippen LogP contribution in [0, 0.1) is 6.07 Å². The summed E-state index contributed by atoms with van der Waals surface area (Å²) in [7, 11) is -4.28. The summed E-state index contributed by atoms with van der Waals surface area (Å²) >= 11 is 0. The third kappa shape index (κ3) is 4.15. The zero-order valence-corrected chi connectivity index (χ0v) is 12.4. The summed E-state index contributed by atoms with van der Waals surface area (Å²) in [5, 5.41) is 0. The quantitative estimate of drug-likeness (QED) is 0.402. The summed E-state index contributed by atoms with van der Waals surface area (Å²) < 4.78 is 30.8. The summed E-state index contributed by atoms with van der Waals surface area (Å²) in [5.74, 6) is 0. The topological polar surface area (TPSA) is 87.2 Å². The Kier molecular flexibility index (Phi) is 6.83. The molecule has 0 unspecified atom stereocenters. The third-order valence-electron chi connectivity index (χ3n) is 0.967. The second kappa shape index (κ2) is 5.63. The van der Waals surface area contributed by atoms with Gasteiger partial charge in [0.1, 0.15) is 0 Å². The van der Waals surface area contributed by atoms with Gasteiger partial charge in [0.2, 0.25) is 0 Å². The molecule has 0 heterocycles. The first-order valence-corrected chi connectivity index (χ1v) is 3.93. The maximum atomic E-state index is 10.3. The van der Waals surface area contributed by atoms with Crippen LogP contribution in [-0.2, 0) is 37.8 Å². The molecule has 0 bridgehead atoms. The van der Waals surface area contributed by atoms with Gasteiger partial charge in [-0.15, -0.1) is 0 Å². The van der Waals surface area contributed by atoms with E-state index in [0.29, 0.717) is 0 Å². The smallest absolute Gasteiger partial charge is 0.870 e. The SMILES string of the molecule is O=S(=O)([O-])c1c[c-]ccc1.[H+].[Hg+2].[OH-]. The summed E-state index contributed by atoms with van der Waals surface area (Å²) in [6.07, 6.45) is 0. The second-order valence-corrected chi connectivity index (χ2v) is 3.07. The first-order valence-electron chi connectivity index (χ1n) is 2.53. The van der Waals surface area contributed by atoms with Crippen LogP contribution < -0.4 is 0 Å². The predicted molar refractivity (Wildman–Crippen MR) is 36.3 cm³/mol. The van der Waals surface area contributed by atoms with Gasteiger partial charge in [0.15, 0.2) is 0 Å². The van der Waals surface area contributed by atoms with Crippen LogP contribution in [0.2, 0.25) is 0 Å². The van der Waals surface area contributed by atoms with Gasteiger partial charge in [-0.3, -0.25) is 8.42 Å². The van der Waals surface area contributed by atoms with Crippen LogP contribution in [0.1, 0.15) is 1.43 Å². The number of hydrogen-bond acceptors (Lipinski definition) is 4. The van der Waals surface area contributed by atoms with E-state index < -0.39 is 10.1 Å². The van der Waals surface area contributed by atoms with Crippen molar-refractivity contribution in [3.05, 3.63) is 30.3 Å². The molecule has 4 nitrogen and oxygen atoms in total. The zero-order chi connectivity index (χ0) is 7.61. The van der Waals surface area contributed by atoms with Crippen LogP contribution in [0.25, 0.3) is 0 Å². The fraction of sp³-hybridized carbons (Fsp3) is 0. The molecule has 0 atom stereocenters. The van der Waals surface area contributed by atoms with Crippen molar-refractivity contribution in [3.63, 3.8) is 0 Å². The fourth-order valence-electron chi connectivity index (χ4n) is 0.532. The molecule has 62 valence electrons. The normalized spacial score (nSPS) is 9.42. The van der Waals surface area contributed by atoms with Crippen LogP contribution in [-0.4, -0.2) is 18.4 Å². The molecular weight excluding hydrogens is 369 g/mol. The molecule has 0 aliphatic rings. The van der Waals surface area contributed by atoms with Crippen molar-refractivity contribution in [3.8, 4) is 0 Å².